The number of anilines is 1. The fourth-order valence-corrected chi connectivity index (χ4v) is 1.45. The van der Waals surface area contributed by atoms with Gasteiger partial charge in [0.25, 0.3) is 5.91 Å². The van der Waals surface area contributed by atoms with E-state index in [1.54, 1.807) is 6.20 Å². The van der Waals surface area contributed by atoms with Gasteiger partial charge in [-0.25, -0.2) is 9.36 Å². The Labute approximate surface area is 113 Å². The first-order valence-electron chi connectivity index (χ1n) is 5.85. The Morgan fingerprint density at radius 1 is 1.55 bits per heavy atom. The lowest BCUT2D eigenvalue weighted by molar-refractivity contribution is 0.0561. The SMILES string of the molecule is CCOCn1cc(NC(=O)c2ccn(C(F)F)n2)cn1. The number of hydrogen-bond donors (Lipinski definition) is 1. The second kappa shape index (κ2) is 6.24. The Morgan fingerprint density at radius 2 is 2.35 bits per heavy atom. The molecule has 2 aromatic heterocycles. The van der Waals surface area contributed by atoms with Crippen LogP contribution in [-0.4, -0.2) is 32.1 Å². The van der Waals surface area contributed by atoms with Crippen LogP contribution in [-0.2, 0) is 11.5 Å². The zero-order valence-corrected chi connectivity index (χ0v) is 10.7. The first-order chi connectivity index (χ1) is 9.60. The van der Waals surface area contributed by atoms with Crippen molar-refractivity contribution in [2.45, 2.75) is 20.2 Å². The number of ether oxygens (including phenoxy) is 1. The average molecular weight is 285 g/mol. The predicted octanol–water partition coefficient (Wildman–Crippen LogP) is 1.72. The molecule has 1 N–H and O–H groups in total. The van der Waals surface area contributed by atoms with Crippen LogP contribution < -0.4 is 5.32 Å². The maximum atomic E-state index is 12.3. The van der Waals surface area contributed by atoms with Gasteiger partial charge in [-0.2, -0.15) is 19.0 Å². The number of amides is 1. The second-order valence-corrected chi connectivity index (χ2v) is 3.80. The third-order valence-electron chi connectivity index (χ3n) is 2.36. The molecule has 0 aliphatic carbocycles. The normalized spacial score (nSPS) is 11.0. The van der Waals surface area contributed by atoms with Crippen LogP contribution in [0.5, 0.6) is 0 Å². The summed E-state index contributed by atoms with van der Waals surface area (Å²) >= 11 is 0. The third-order valence-corrected chi connectivity index (χ3v) is 2.36. The molecular formula is C11H13F2N5O2. The molecule has 0 saturated heterocycles. The van der Waals surface area contributed by atoms with Gasteiger partial charge in [0.15, 0.2) is 5.69 Å². The number of carbonyl (C=O) groups is 1. The van der Waals surface area contributed by atoms with Crippen LogP contribution >= 0.6 is 0 Å². The lowest BCUT2D eigenvalue weighted by atomic mass is 10.4. The van der Waals surface area contributed by atoms with Crippen molar-refractivity contribution < 1.29 is 18.3 Å². The molecule has 0 unspecified atom stereocenters. The van der Waals surface area contributed by atoms with E-state index in [4.69, 9.17) is 4.74 Å². The Balaban J connectivity index is 1.98. The highest BCUT2D eigenvalue weighted by atomic mass is 19.3. The molecule has 7 nitrogen and oxygen atoms in total. The molecule has 0 aliphatic heterocycles. The number of rotatable bonds is 6. The van der Waals surface area contributed by atoms with E-state index in [2.05, 4.69) is 15.5 Å². The minimum Gasteiger partial charge on any atom is -0.360 e. The van der Waals surface area contributed by atoms with E-state index >= 15 is 0 Å². The second-order valence-electron chi connectivity index (χ2n) is 3.80. The van der Waals surface area contributed by atoms with E-state index in [1.165, 1.54) is 16.9 Å². The van der Waals surface area contributed by atoms with Crippen LogP contribution in [0.2, 0.25) is 0 Å². The van der Waals surface area contributed by atoms with E-state index in [0.29, 0.717) is 17.0 Å². The van der Waals surface area contributed by atoms with Gasteiger partial charge in [-0.3, -0.25) is 4.79 Å². The van der Waals surface area contributed by atoms with Gasteiger partial charge >= 0.3 is 6.55 Å². The van der Waals surface area contributed by atoms with E-state index < -0.39 is 12.5 Å². The molecule has 0 radical (unpaired) electrons. The predicted molar refractivity (Wildman–Crippen MR) is 65.3 cm³/mol. The van der Waals surface area contributed by atoms with E-state index in [0.717, 1.165) is 6.20 Å². The molecule has 0 aromatic carbocycles. The summed E-state index contributed by atoms with van der Waals surface area (Å²) in [4.78, 5) is 11.8. The standard InChI is InChI=1S/C11H13F2N5O2/c1-2-20-7-17-6-8(5-14-17)15-10(19)9-3-4-18(16-9)11(12)13/h3-6,11H,2,7H2,1H3,(H,15,19). The van der Waals surface area contributed by atoms with Crippen molar-refractivity contribution in [3.8, 4) is 0 Å². The van der Waals surface area contributed by atoms with Gasteiger partial charge in [0.05, 0.1) is 18.1 Å². The molecule has 0 saturated carbocycles. The molecule has 1 amide bonds. The van der Waals surface area contributed by atoms with Crippen LogP contribution in [0.15, 0.2) is 24.7 Å². The molecule has 108 valence electrons. The molecule has 0 aliphatic rings. The quantitative estimate of drug-likeness (QED) is 0.877. The highest BCUT2D eigenvalue weighted by molar-refractivity contribution is 6.02. The summed E-state index contributed by atoms with van der Waals surface area (Å²) in [7, 11) is 0. The number of hydrogen-bond acceptors (Lipinski definition) is 4. The monoisotopic (exact) mass is 285 g/mol. The number of nitrogens with one attached hydrogen (secondary N) is 1. The van der Waals surface area contributed by atoms with Gasteiger partial charge in [-0.05, 0) is 13.0 Å². The Kier molecular flexibility index (Phi) is 4.41. The van der Waals surface area contributed by atoms with Crippen LogP contribution in [0.3, 0.4) is 0 Å². The van der Waals surface area contributed by atoms with Crippen LogP contribution in [0.1, 0.15) is 24.0 Å². The first kappa shape index (κ1) is 14.1. The molecule has 0 atom stereocenters. The number of aromatic nitrogens is 4. The maximum absolute atomic E-state index is 12.3. The smallest absolute Gasteiger partial charge is 0.333 e. The van der Waals surface area contributed by atoms with Gasteiger partial charge in [0, 0.05) is 12.8 Å². The summed E-state index contributed by atoms with van der Waals surface area (Å²) in [5.41, 5.74) is 0.337. The molecule has 9 heteroatoms. The van der Waals surface area contributed by atoms with Gasteiger partial charge in [-0.15, -0.1) is 0 Å². The van der Waals surface area contributed by atoms with E-state index in [1.807, 2.05) is 6.92 Å². The highest BCUT2D eigenvalue weighted by Crippen LogP contribution is 2.11. The van der Waals surface area contributed by atoms with Crippen molar-refractivity contribution in [3.63, 3.8) is 0 Å². The number of halogens is 2. The fourth-order valence-electron chi connectivity index (χ4n) is 1.45. The minimum absolute atomic E-state index is 0.0946. The van der Waals surface area contributed by atoms with E-state index in [-0.39, 0.29) is 12.4 Å². The molecule has 2 aromatic rings. The molecular weight excluding hydrogens is 272 g/mol. The van der Waals surface area contributed by atoms with Crippen molar-refractivity contribution in [1.82, 2.24) is 19.6 Å². The van der Waals surface area contributed by atoms with Crippen LogP contribution in [0.4, 0.5) is 14.5 Å². The first-order valence-corrected chi connectivity index (χ1v) is 5.85. The van der Waals surface area contributed by atoms with Crippen molar-refractivity contribution in [3.05, 3.63) is 30.4 Å². The summed E-state index contributed by atoms with van der Waals surface area (Å²) < 4.78 is 31.7. The van der Waals surface area contributed by atoms with E-state index in [9.17, 15) is 13.6 Å². The van der Waals surface area contributed by atoms with Crippen LogP contribution in [0.25, 0.3) is 0 Å². The zero-order valence-electron chi connectivity index (χ0n) is 10.7. The topological polar surface area (TPSA) is 74.0 Å². The summed E-state index contributed by atoms with van der Waals surface area (Å²) in [5, 5.41) is 9.94. The number of nitrogens with zero attached hydrogens (tertiary/aromatic N) is 4. The lowest BCUT2D eigenvalue weighted by Gasteiger charge is -2.01. The van der Waals surface area contributed by atoms with Gasteiger partial charge < -0.3 is 10.1 Å². The largest absolute Gasteiger partial charge is 0.360 e. The van der Waals surface area contributed by atoms with Gasteiger partial charge in [-0.1, -0.05) is 0 Å². The third kappa shape index (κ3) is 3.38. The number of alkyl halides is 2. The Morgan fingerprint density at radius 3 is 3.00 bits per heavy atom. The fraction of sp³-hybridized carbons (Fsp3) is 0.364. The molecule has 20 heavy (non-hydrogen) atoms. The summed E-state index contributed by atoms with van der Waals surface area (Å²) in [6, 6.07) is 1.21. The van der Waals surface area contributed by atoms with Crippen molar-refractivity contribution in [2.75, 3.05) is 11.9 Å². The Bertz CT molecular complexity index is 581. The van der Waals surface area contributed by atoms with Gasteiger partial charge in [0.1, 0.15) is 6.73 Å². The zero-order chi connectivity index (χ0) is 14.5. The minimum atomic E-state index is -2.77. The lowest BCUT2D eigenvalue weighted by Crippen LogP contribution is -2.13. The summed E-state index contributed by atoms with van der Waals surface area (Å²) in [6.07, 6.45) is 4.04. The maximum Gasteiger partial charge on any atom is 0.333 e. The average Bonchev–Trinajstić information content (AvgIpc) is 3.05. The van der Waals surface area contributed by atoms with Crippen molar-refractivity contribution >= 4 is 11.6 Å². The molecule has 2 heterocycles. The molecule has 2 rings (SSSR count). The molecule has 0 spiro atoms. The summed E-state index contributed by atoms with van der Waals surface area (Å²) in [5.74, 6) is -0.583. The number of carbonyl (C=O) groups excluding carboxylic acids is 1. The van der Waals surface area contributed by atoms with Crippen LogP contribution in [0, 0.1) is 0 Å². The molecule has 0 fully saturated rings. The summed E-state index contributed by atoms with van der Waals surface area (Å²) in [6.45, 7) is -0.102. The van der Waals surface area contributed by atoms with Crippen molar-refractivity contribution in [2.24, 2.45) is 0 Å². The Hall–Kier alpha value is -2.29. The highest BCUT2D eigenvalue weighted by Gasteiger charge is 2.14. The molecule has 0 bridgehead atoms. The van der Waals surface area contributed by atoms with Crippen molar-refractivity contribution in [1.29, 1.82) is 0 Å². The van der Waals surface area contributed by atoms with Gasteiger partial charge in [0.2, 0.25) is 0 Å².